The number of ketones is 1. The first-order valence-corrected chi connectivity index (χ1v) is 11.1. The molecule has 0 spiro atoms. The number of allylic oxidation sites excluding steroid dienone is 2. The summed E-state index contributed by atoms with van der Waals surface area (Å²) in [5.74, 6) is -0.279. The molecule has 2 aromatic rings. The summed E-state index contributed by atoms with van der Waals surface area (Å²) in [7, 11) is 0. The highest BCUT2D eigenvalue weighted by atomic mass is 16.5. The van der Waals surface area contributed by atoms with Crippen LogP contribution in [0.1, 0.15) is 73.2 Å². The second-order valence-corrected chi connectivity index (χ2v) is 8.05. The monoisotopic (exact) mass is 469 g/mol. The van der Waals surface area contributed by atoms with Gasteiger partial charge >= 0.3 is 11.7 Å². The van der Waals surface area contributed by atoms with E-state index < -0.39 is 28.8 Å². The topological polar surface area (TPSA) is 126 Å². The minimum Gasteiger partial charge on any atom is -0.507 e. The van der Waals surface area contributed by atoms with E-state index >= 15 is 0 Å². The molecule has 0 saturated carbocycles. The first-order chi connectivity index (χ1) is 16.1. The third-order valence-corrected chi connectivity index (χ3v) is 5.20. The predicted octanol–water partition coefficient (Wildman–Crippen LogP) is 5.39. The Morgan fingerprint density at radius 2 is 2.00 bits per heavy atom. The molecule has 0 aliphatic carbocycles. The van der Waals surface area contributed by atoms with Gasteiger partial charge in [0.15, 0.2) is 5.78 Å². The summed E-state index contributed by atoms with van der Waals surface area (Å²) in [5.41, 5.74) is 0.686. The molecule has 0 saturated heterocycles. The van der Waals surface area contributed by atoms with Crippen LogP contribution in [0.2, 0.25) is 0 Å². The molecule has 0 aliphatic rings. The number of hydrogen-bond donors (Lipinski definition) is 3. The van der Waals surface area contributed by atoms with Gasteiger partial charge in [-0.15, -0.1) is 0 Å². The van der Waals surface area contributed by atoms with E-state index in [1.165, 1.54) is 12.3 Å². The minimum absolute atomic E-state index is 0.232. The van der Waals surface area contributed by atoms with Gasteiger partial charge in [-0.05, 0) is 68.0 Å². The zero-order valence-corrected chi connectivity index (χ0v) is 19.9. The van der Waals surface area contributed by atoms with E-state index in [1.807, 2.05) is 32.0 Å². The third-order valence-electron chi connectivity index (χ3n) is 5.20. The molecule has 0 radical (unpaired) electrons. The lowest BCUT2D eigenvalue weighted by Gasteiger charge is -2.11. The summed E-state index contributed by atoms with van der Waals surface area (Å²) in [5, 5.41) is 21.1. The fraction of sp³-hybridized carbons (Fsp3) is 0.346. The van der Waals surface area contributed by atoms with Crippen molar-refractivity contribution in [2.45, 2.75) is 52.9 Å². The molecule has 0 bridgehead atoms. The van der Waals surface area contributed by atoms with Gasteiger partial charge in [0.2, 0.25) is 0 Å². The number of hydrogen-bond acceptors (Lipinski definition) is 6. The van der Waals surface area contributed by atoms with Crippen molar-refractivity contribution in [2.24, 2.45) is 0 Å². The number of nitrogens with one attached hydrogen (secondary N) is 1. The SMILES string of the molecule is CCCOc1ccc(C=C(C)C(=O)c2c(O)cc(C(C)CC/C=C/NC(=O)O)oc2=O)c(C)c1. The number of ether oxygens (including phenoxy) is 1. The van der Waals surface area contributed by atoms with Crippen molar-refractivity contribution < 1.29 is 29.0 Å². The molecule has 1 atom stereocenters. The van der Waals surface area contributed by atoms with Gasteiger partial charge in [0, 0.05) is 18.2 Å². The molecular weight excluding hydrogens is 438 g/mol. The van der Waals surface area contributed by atoms with Gasteiger partial charge in [0.25, 0.3) is 0 Å². The highest BCUT2D eigenvalue weighted by Gasteiger charge is 2.22. The average molecular weight is 470 g/mol. The van der Waals surface area contributed by atoms with Crippen LogP contribution in [0.3, 0.4) is 0 Å². The standard InChI is InChI=1S/C26H31NO7/c1-5-12-33-20-10-9-19(17(3)14-20)13-18(4)24(29)23-21(28)15-22(34-25(23)30)16(2)8-6-7-11-27-26(31)32/h7,9-11,13-16,27-28H,5-6,8,12H2,1-4H3,(H,31,32)/b11-7+,18-13?. The maximum atomic E-state index is 12.9. The number of carbonyl (C=O) groups is 2. The van der Waals surface area contributed by atoms with Gasteiger partial charge in [0.05, 0.1) is 6.61 Å². The number of benzene rings is 1. The summed E-state index contributed by atoms with van der Waals surface area (Å²) >= 11 is 0. The van der Waals surface area contributed by atoms with Gasteiger partial charge in [-0.25, -0.2) is 9.59 Å². The number of carboxylic acid groups (broad SMARTS) is 1. The van der Waals surface area contributed by atoms with Crippen LogP contribution in [0.25, 0.3) is 6.08 Å². The number of amides is 1. The van der Waals surface area contributed by atoms with Crippen molar-refractivity contribution in [3.8, 4) is 11.5 Å². The maximum Gasteiger partial charge on any atom is 0.408 e. The summed E-state index contributed by atoms with van der Waals surface area (Å²) in [4.78, 5) is 35.9. The summed E-state index contributed by atoms with van der Waals surface area (Å²) in [6, 6.07) is 6.83. The normalized spacial score (nSPS) is 12.5. The van der Waals surface area contributed by atoms with E-state index in [4.69, 9.17) is 14.3 Å². The average Bonchev–Trinajstić information content (AvgIpc) is 2.78. The van der Waals surface area contributed by atoms with E-state index in [0.717, 1.165) is 23.3 Å². The summed E-state index contributed by atoms with van der Waals surface area (Å²) in [6.45, 7) is 7.93. The number of carbonyl (C=O) groups excluding carboxylic acids is 1. The predicted molar refractivity (Wildman–Crippen MR) is 130 cm³/mol. The van der Waals surface area contributed by atoms with Crippen LogP contribution >= 0.6 is 0 Å². The molecule has 1 heterocycles. The van der Waals surface area contributed by atoms with Gasteiger partial charge in [-0.1, -0.05) is 26.0 Å². The third kappa shape index (κ3) is 7.37. The quantitative estimate of drug-likeness (QED) is 0.297. The van der Waals surface area contributed by atoms with E-state index in [2.05, 4.69) is 5.32 Å². The first kappa shape index (κ1) is 26.4. The Balaban J connectivity index is 2.17. The molecule has 0 aliphatic heterocycles. The zero-order valence-electron chi connectivity index (χ0n) is 19.9. The number of aryl methyl sites for hydroxylation is 1. The molecule has 8 heteroatoms. The molecule has 1 aromatic carbocycles. The largest absolute Gasteiger partial charge is 0.507 e. The molecule has 34 heavy (non-hydrogen) atoms. The Labute approximate surface area is 198 Å². The number of aromatic hydroxyl groups is 1. The van der Waals surface area contributed by atoms with E-state index in [1.54, 1.807) is 26.0 Å². The van der Waals surface area contributed by atoms with Crippen LogP contribution in [0.5, 0.6) is 11.5 Å². The van der Waals surface area contributed by atoms with Crippen LogP contribution < -0.4 is 15.7 Å². The molecule has 8 nitrogen and oxygen atoms in total. The van der Waals surface area contributed by atoms with Crippen LogP contribution in [0.15, 0.2) is 51.3 Å². The second-order valence-electron chi connectivity index (χ2n) is 8.05. The lowest BCUT2D eigenvalue weighted by molar-refractivity contribution is 0.102. The van der Waals surface area contributed by atoms with E-state index in [0.29, 0.717) is 19.4 Å². The summed E-state index contributed by atoms with van der Waals surface area (Å²) < 4.78 is 10.9. The van der Waals surface area contributed by atoms with Gasteiger partial charge < -0.3 is 19.4 Å². The van der Waals surface area contributed by atoms with E-state index in [-0.39, 0.29) is 17.3 Å². The Morgan fingerprint density at radius 1 is 1.26 bits per heavy atom. The Morgan fingerprint density at radius 3 is 2.62 bits per heavy atom. The van der Waals surface area contributed by atoms with Crippen LogP contribution in [-0.2, 0) is 0 Å². The molecule has 182 valence electrons. The molecule has 3 N–H and O–H groups in total. The van der Waals surface area contributed by atoms with Gasteiger partial charge in [-0.2, -0.15) is 0 Å². The zero-order chi connectivity index (χ0) is 25.3. The Bertz CT molecular complexity index is 1140. The van der Waals surface area contributed by atoms with Gasteiger partial charge in [-0.3, -0.25) is 10.1 Å². The number of rotatable bonds is 11. The van der Waals surface area contributed by atoms with Crippen molar-refractivity contribution in [2.75, 3.05) is 6.61 Å². The van der Waals surface area contributed by atoms with Crippen molar-refractivity contribution in [1.82, 2.24) is 5.32 Å². The van der Waals surface area contributed by atoms with Crippen molar-refractivity contribution in [3.63, 3.8) is 0 Å². The van der Waals surface area contributed by atoms with Crippen LogP contribution in [0.4, 0.5) is 4.79 Å². The molecule has 2 rings (SSSR count). The molecular formula is C26H31NO7. The number of Topliss-reactive ketones (excluding diaryl/α,β-unsaturated/α-hetero) is 1. The molecule has 1 aromatic heterocycles. The van der Waals surface area contributed by atoms with Crippen LogP contribution in [-0.4, -0.2) is 28.7 Å². The fourth-order valence-corrected chi connectivity index (χ4v) is 3.27. The Hall–Kier alpha value is -3.81. The minimum atomic E-state index is -1.15. The smallest absolute Gasteiger partial charge is 0.408 e. The lowest BCUT2D eigenvalue weighted by atomic mass is 9.98. The maximum absolute atomic E-state index is 12.9. The van der Waals surface area contributed by atoms with Crippen molar-refractivity contribution in [1.29, 1.82) is 0 Å². The highest BCUT2D eigenvalue weighted by molar-refractivity contribution is 6.12. The Kier molecular flexibility index (Phi) is 9.67. The summed E-state index contributed by atoms with van der Waals surface area (Å²) in [6.07, 6.45) is 5.43. The lowest BCUT2D eigenvalue weighted by Crippen LogP contribution is -2.16. The fourth-order valence-electron chi connectivity index (χ4n) is 3.27. The molecule has 1 unspecified atom stereocenters. The van der Waals surface area contributed by atoms with Crippen LogP contribution in [0, 0.1) is 6.92 Å². The molecule has 1 amide bonds. The van der Waals surface area contributed by atoms with Gasteiger partial charge in [0.1, 0.15) is 22.8 Å². The second kappa shape index (κ2) is 12.4. The highest BCUT2D eigenvalue weighted by Crippen LogP contribution is 2.27. The van der Waals surface area contributed by atoms with E-state index in [9.17, 15) is 19.5 Å². The molecule has 0 fully saturated rings. The van der Waals surface area contributed by atoms with Crippen molar-refractivity contribution >= 4 is 18.0 Å². The van der Waals surface area contributed by atoms with Crippen molar-refractivity contribution in [3.05, 3.63) is 75.0 Å². The first-order valence-electron chi connectivity index (χ1n) is 11.1.